The van der Waals surface area contributed by atoms with Crippen molar-refractivity contribution in [3.8, 4) is 0 Å². The number of halogens is 3. The van der Waals surface area contributed by atoms with Gasteiger partial charge in [0.25, 0.3) is 5.91 Å². The largest absolute Gasteiger partial charge is 0.352 e. The SMILES string of the molecule is CCC(Br)CCNC(=O)c1ccc(Cl)c(Cl)c1. The van der Waals surface area contributed by atoms with E-state index in [1.165, 1.54) is 0 Å². The minimum atomic E-state index is -0.126. The summed E-state index contributed by atoms with van der Waals surface area (Å²) < 4.78 is 0. The summed E-state index contributed by atoms with van der Waals surface area (Å²) in [6.45, 7) is 2.74. The van der Waals surface area contributed by atoms with Gasteiger partial charge in [0.15, 0.2) is 0 Å². The van der Waals surface area contributed by atoms with Crippen LogP contribution in [0.15, 0.2) is 18.2 Å². The van der Waals surface area contributed by atoms with Crippen molar-refractivity contribution >= 4 is 45.0 Å². The number of hydrogen-bond donors (Lipinski definition) is 1. The van der Waals surface area contributed by atoms with Crippen LogP contribution in [0.2, 0.25) is 10.0 Å². The van der Waals surface area contributed by atoms with E-state index in [-0.39, 0.29) is 5.91 Å². The zero-order valence-electron chi connectivity index (χ0n) is 9.47. The van der Waals surface area contributed by atoms with Crippen LogP contribution >= 0.6 is 39.1 Å². The lowest BCUT2D eigenvalue weighted by Gasteiger charge is -2.08. The number of amides is 1. The number of rotatable bonds is 5. The van der Waals surface area contributed by atoms with Gasteiger partial charge in [-0.3, -0.25) is 4.79 Å². The van der Waals surface area contributed by atoms with Crippen molar-refractivity contribution in [2.24, 2.45) is 0 Å². The molecule has 5 heteroatoms. The molecule has 1 atom stereocenters. The fraction of sp³-hybridized carbons (Fsp3) is 0.417. The second-order valence-corrected chi connectivity index (χ2v) is 5.79. The molecule has 0 aliphatic carbocycles. The summed E-state index contributed by atoms with van der Waals surface area (Å²) in [5.74, 6) is -0.126. The lowest BCUT2D eigenvalue weighted by molar-refractivity contribution is 0.0953. The van der Waals surface area contributed by atoms with Gasteiger partial charge in [-0.15, -0.1) is 0 Å². The summed E-state index contributed by atoms with van der Waals surface area (Å²) in [5.41, 5.74) is 0.530. The van der Waals surface area contributed by atoms with E-state index >= 15 is 0 Å². The first kappa shape index (κ1) is 14.8. The average Bonchev–Trinajstić information content (AvgIpc) is 2.32. The number of hydrogen-bond acceptors (Lipinski definition) is 1. The molecular weight excluding hydrogens is 325 g/mol. The van der Waals surface area contributed by atoms with Gasteiger partial charge >= 0.3 is 0 Å². The molecule has 1 unspecified atom stereocenters. The molecule has 94 valence electrons. The summed E-state index contributed by atoms with van der Waals surface area (Å²) in [7, 11) is 0. The summed E-state index contributed by atoms with van der Waals surface area (Å²) in [5, 5.41) is 3.69. The van der Waals surface area contributed by atoms with Gasteiger partial charge in [-0.2, -0.15) is 0 Å². The van der Waals surface area contributed by atoms with Crippen LogP contribution in [0.5, 0.6) is 0 Å². The maximum absolute atomic E-state index is 11.7. The van der Waals surface area contributed by atoms with Crippen LogP contribution < -0.4 is 5.32 Å². The molecule has 1 rings (SSSR count). The van der Waals surface area contributed by atoms with Crippen molar-refractivity contribution in [3.05, 3.63) is 33.8 Å². The topological polar surface area (TPSA) is 29.1 Å². The molecule has 1 aromatic rings. The molecule has 0 fully saturated rings. The number of alkyl halides is 1. The van der Waals surface area contributed by atoms with Crippen molar-refractivity contribution < 1.29 is 4.79 Å². The van der Waals surface area contributed by atoms with E-state index in [0.29, 0.717) is 27.0 Å². The molecule has 0 saturated carbocycles. The molecule has 1 N–H and O–H groups in total. The van der Waals surface area contributed by atoms with Gasteiger partial charge in [0, 0.05) is 16.9 Å². The van der Waals surface area contributed by atoms with Crippen molar-refractivity contribution in [1.82, 2.24) is 5.32 Å². The van der Waals surface area contributed by atoms with Crippen LogP contribution in [0.25, 0.3) is 0 Å². The molecule has 0 heterocycles. The zero-order chi connectivity index (χ0) is 12.8. The fourth-order valence-corrected chi connectivity index (χ4v) is 1.81. The predicted octanol–water partition coefficient (Wildman–Crippen LogP) is 4.29. The smallest absolute Gasteiger partial charge is 0.251 e. The molecule has 2 nitrogen and oxygen atoms in total. The van der Waals surface area contributed by atoms with Gasteiger partial charge in [-0.05, 0) is 31.0 Å². The van der Waals surface area contributed by atoms with Crippen molar-refractivity contribution in [2.45, 2.75) is 24.6 Å². The van der Waals surface area contributed by atoms with E-state index < -0.39 is 0 Å². The quantitative estimate of drug-likeness (QED) is 0.797. The number of nitrogens with one attached hydrogen (secondary N) is 1. The number of carbonyl (C=O) groups is 1. The fourth-order valence-electron chi connectivity index (χ4n) is 1.29. The molecule has 0 aliphatic rings. The summed E-state index contributed by atoms with van der Waals surface area (Å²) >= 11 is 15.1. The maximum atomic E-state index is 11.7. The van der Waals surface area contributed by atoms with Gasteiger partial charge in [-0.25, -0.2) is 0 Å². The van der Waals surface area contributed by atoms with E-state index in [2.05, 4.69) is 28.2 Å². The third-order valence-electron chi connectivity index (χ3n) is 2.37. The summed E-state index contributed by atoms with van der Waals surface area (Å²) in [6, 6.07) is 4.86. The van der Waals surface area contributed by atoms with Crippen LogP contribution in [-0.2, 0) is 0 Å². The Kier molecular flexibility index (Phi) is 6.31. The molecule has 1 amide bonds. The van der Waals surface area contributed by atoms with Crippen molar-refractivity contribution in [1.29, 1.82) is 0 Å². The average molecular weight is 339 g/mol. The first-order valence-corrected chi connectivity index (χ1v) is 7.09. The number of carbonyl (C=O) groups excluding carboxylic acids is 1. The Labute approximate surface area is 120 Å². The second kappa shape index (κ2) is 7.24. The van der Waals surface area contributed by atoms with E-state index in [1.807, 2.05) is 0 Å². The van der Waals surface area contributed by atoms with E-state index in [0.717, 1.165) is 12.8 Å². The highest BCUT2D eigenvalue weighted by atomic mass is 79.9. The Balaban J connectivity index is 2.50. The lowest BCUT2D eigenvalue weighted by atomic mass is 10.2. The van der Waals surface area contributed by atoms with Crippen molar-refractivity contribution in [3.63, 3.8) is 0 Å². The van der Waals surface area contributed by atoms with Crippen LogP contribution in [0.4, 0.5) is 0 Å². The van der Waals surface area contributed by atoms with Gasteiger partial charge in [0.05, 0.1) is 10.0 Å². The van der Waals surface area contributed by atoms with Gasteiger partial charge in [0.1, 0.15) is 0 Å². The molecule has 0 aromatic heterocycles. The van der Waals surface area contributed by atoms with Crippen LogP contribution in [0.3, 0.4) is 0 Å². The van der Waals surface area contributed by atoms with Gasteiger partial charge in [-0.1, -0.05) is 46.1 Å². The van der Waals surface area contributed by atoms with Crippen molar-refractivity contribution in [2.75, 3.05) is 6.54 Å². The Morgan fingerprint density at radius 1 is 1.41 bits per heavy atom. The molecule has 17 heavy (non-hydrogen) atoms. The zero-order valence-corrected chi connectivity index (χ0v) is 12.6. The Morgan fingerprint density at radius 2 is 2.12 bits per heavy atom. The first-order valence-electron chi connectivity index (χ1n) is 5.42. The van der Waals surface area contributed by atoms with Gasteiger partial charge < -0.3 is 5.32 Å². The van der Waals surface area contributed by atoms with E-state index in [9.17, 15) is 4.79 Å². The molecule has 0 saturated heterocycles. The normalized spacial score (nSPS) is 12.2. The monoisotopic (exact) mass is 337 g/mol. The van der Waals surface area contributed by atoms with Crippen LogP contribution in [0.1, 0.15) is 30.1 Å². The molecule has 0 aliphatic heterocycles. The predicted molar refractivity (Wildman–Crippen MR) is 76.4 cm³/mol. The molecule has 0 radical (unpaired) electrons. The number of benzene rings is 1. The summed E-state index contributed by atoms with van der Waals surface area (Å²) in [6.07, 6.45) is 1.95. The Bertz CT molecular complexity index is 398. The highest BCUT2D eigenvalue weighted by Crippen LogP contribution is 2.22. The van der Waals surface area contributed by atoms with Crippen LogP contribution in [-0.4, -0.2) is 17.3 Å². The molecule has 0 bridgehead atoms. The molecule has 1 aromatic carbocycles. The third-order valence-corrected chi connectivity index (χ3v) is 4.21. The standard InChI is InChI=1S/C12H14BrCl2NO/c1-2-9(13)5-6-16-12(17)8-3-4-10(14)11(15)7-8/h3-4,7,9H,2,5-6H2,1H3,(H,16,17). The first-order chi connectivity index (χ1) is 8.04. The third kappa shape index (κ3) is 4.86. The van der Waals surface area contributed by atoms with E-state index in [4.69, 9.17) is 23.2 Å². The Hall–Kier alpha value is -0.250. The van der Waals surface area contributed by atoms with Gasteiger partial charge in [0.2, 0.25) is 0 Å². The highest BCUT2D eigenvalue weighted by molar-refractivity contribution is 9.09. The minimum absolute atomic E-state index is 0.126. The highest BCUT2D eigenvalue weighted by Gasteiger charge is 2.08. The van der Waals surface area contributed by atoms with Crippen LogP contribution in [0, 0.1) is 0 Å². The maximum Gasteiger partial charge on any atom is 0.251 e. The molecular formula is C12H14BrCl2NO. The minimum Gasteiger partial charge on any atom is -0.352 e. The lowest BCUT2D eigenvalue weighted by Crippen LogP contribution is -2.25. The van der Waals surface area contributed by atoms with E-state index in [1.54, 1.807) is 18.2 Å². The summed E-state index contributed by atoms with van der Waals surface area (Å²) in [4.78, 5) is 12.2. The second-order valence-electron chi connectivity index (χ2n) is 3.68. The molecule has 0 spiro atoms. The Morgan fingerprint density at radius 3 is 2.71 bits per heavy atom.